The second-order valence-electron chi connectivity index (χ2n) is 5.51. The minimum Gasteiger partial charge on any atom is -0.300 e. The number of thiazole rings is 1. The summed E-state index contributed by atoms with van der Waals surface area (Å²) in [7, 11) is 0. The lowest BCUT2D eigenvalue weighted by Gasteiger charge is -2.08. The minimum atomic E-state index is -0.265. The van der Waals surface area contributed by atoms with E-state index in [2.05, 4.69) is 20.4 Å². The molecule has 0 atom stereocenters. The zero-order chi connectivity index (χ0) is 17.9. The van der Waals surface area contributed by atoms with Crippen LogP contribution in [-0.2, 0) is 11.3 Å². The number of amides is 1. The topological polar surface area (TPSA) is 89.8 Å². The Morgan fingerprint density at radius 1 is 1.15 bits per heavy atom. The molecule has 0 fully saturated rings. The molecule has 0 aliphatic heterocycles. The molecule has 0 bridgehead atoms. The summed E-state index contributed by atoms with van der Waals surface area (Å²) in [6.45, 7) is -0.0113. The van der Waals surface area contributed by atoms with E-state index in [9.17, 15) is 9.59 Å². The molecule has 7 nitrogen and oxygen atoms in total. The van der Waals surface area contributed by atoms with Gasteiger partial charge in [-0.1, -0.05) is 12.1 Å². The van der Waals surface area contributed by atoms with Crippen LogP contribution in [0.3, 0.4) is 0 Å². The normalized spacial score (nSPS) is 10.8. The van der Waals surface area contributed by atoms with Crippen molar-refractivity contribution in [3.63, 3.8) is 0 Å². The van der Waals surface area contributed by atoms with Crippen LogP contribution in [0.25, 0.3) is 22.2 Å². The van der Waals surface area contributed by atoms with Crippen LogP contribution in [0.15, 0.2) is 65.2 Å². The molecule has 0 aliphatic carbocycles. The van der Waals surface area contributed by atoms with Gasteiger partial charge >= 0.3 is 0 Å². The number of benzene rings is 1. The summed E-state index contributed by atoms with van der Waals surface area (Å²) in [6, 6.07) is 10.8. The molecule has 0 unspecified atom stereocenters. The van der Waals surface area contributed by atoms with Crippen LogP contribution >= 0.6 is 11.3 Å². The highest BCUT2D eigenvalue weighted by molar-refractivity contribution is 7.14. The van der Waals surface area contributed by atoms with E-state index in [0.29, 0.717) is 16.0 Å². The van der Waals surface area contributed by atoms with Crippen LogP contribution in [-0.4, -0.2) is 25.7 Å². The Balaban J connectivity index is 1.53. The molecule has 3 heterocycles. The number of hydrogen-bond acceptors (Lipinski definition) is 6. The number of anilines is 1. The third kappa shape index (κ3) is 3.22. The standard InChI is InChI=1S/C18H13N5O2S/c24-16-9-20-23(15-6-2-1-5-13(15)16)10-17(25)22-18-21-14(11-26-18)12-4-3-7-19-8-12/h1-9,11H,10H2,(H,21,22,25). The van der Waals surface area contributed by atoms with Gasteiger partial charge in [0.2, 0.25) is 11.3 Å². The van der Waals surface area contributed by atoms with Crippen LogP contribution in [0, 0.1) is 0 Å². The number of aromatic nitrogens is 4. The van der Waals surface area contributed by atoms with E-state index in [0.717, 1.165) is 11.3 Å². The lowest BCUT2D eigenvalue weighted by Crippen LogP contribution is -2.22. The monoisotopic (exact) mass is 363 g/mol. The fraction of sp³-hybridized carbons (Fsp3) is 0.0556. The number of fused-ring (bicyclic) bond motifs is 1. The molecule has 26 heavy (non-hydrogen) atoms. The quantitative estimate of drug-likeness (QED) is 0.602. The number of pyridine rings is 1. The third-order valence-corrected chi connectivity index (χ3v) is 4.52. The maximum absolute atomic E-state index is 12.4. The molecule has 0 aliphatic rings. The van der Waals surface area contributed by atoms with E-state index < -0.39 is 0 Å². The first-order chi connectivity index (χ1) is 12.7. The van der Waals surface area contributed by atoms with Gasteiger partial charge in [-0.2, -0.15) is 5.10 Å². The van der Waals surface area contributed by atoms with Crippen molar-refractivity contribution in [3.05, 3.63) is 70.6 Å². The van der Waals surface area contributed by atoms with E-state index in [1.165, 1.54) is 22.2 Å². The number of nitrogens with one attached hydrogen (secondary N) is 1. The van der Waals surface area contributed by atoms with Crippen molar-refractivity contribution in [1.29, 1.82) is 0 Å². The van der Waals surface area contributed by atoms with E-state index in [-0.39, 0.29) is 17.9 Å². The number of hydrogen-bond donors (Lipinski definition) is 1. The van der Waals surface area contributed by atoms with Crippen molar-refractivity contribution in [2.24, 2.45) is 0 Å². The summed E-state index contributed by atoms with van der Waals surface area (Å²) in [5.41, 5.74) is 2.09. The molecule has 4 rings (SSSR count). The highest BCUT2D eigenvalue weighted by Gasteiger charge is 2.11. The Hall–Kier alpha value is -3.39. The molecule has 0 spiro atoms. The van der Waals surface area contributed by atoms with Crippen molar-refractivity contribution < 1.29 is 4.79 Å². The highest BCUT2D eigenvalue weighted by atomic mass is 32.1. The predicted octanol–water partition coefficient (Wildman–Crippen LogP) is 2.55. The first-order valence-corrected chi connectivity index (χ1v) is 8.69. The van der Waals surface area contributed by atoms with Crippen LogP contribution in [0.5, 0.6) is 0 Å². The number of carbonyl (C=O) groups excluding carboxylic acids is 1. The lowest BCUT2D eigenvalue weighted by molar-refractivity contribution is -0.116. The Kier molecular flexibility index (Phi) is 4.24. The Morgan fingerprint density at radius 2 is 2.04 bits per heavy atom. The van der Waals surface area contributed by atoms with Gasteiger partial charge in [-0.15, -0.1) is 11.3 Å². The second-order valence-corrected chi connectivity index (χ2v) is 6.37. The summed E-state index contributed by atoms with van der Waals surface area (Å²) in [5.74, 6) is -0.265. The average Bonchev–Trinajstić information content (AvgIpc) is 3.13. The Morgan fingerprint density at radius 3 is 2.88 bits per heavy atom. The SMILES string of the molecule is O=C(Cn1ncc(=O)c2ccccc21)Nc1nc(-c2cccnc2)cs1. The minimum absolute atomic E-state index is 0.0113. The van der Waals surface area contributed by atoms with Gasteiger partial charge < -0.3 is 5.32 Å². The van der Waals surface area contributed by atoms with Gasteiger partial charge in [0.05, 0.1) is 17.4 Å². The van der Waals surface area contributed by atoms with Gasteiger partial charge in [-0.25, -0.2) is 4.98 Å². The number of rotatable bonds is 4. The molecule has 4 aromatic rings. The molecular formula is C18H13N5O2S. The van der Waals surface area contributed by atoms with Crippen LogP contribution < -0.4 is 10.7 Å². The zero-order valence-corrected chi connectivity index (χ0v) is 14.3. The van der Waals surface area contributed by atoms with Crippen molar-refractivity contribution in [3.8, 4) is 11.3 Å². The van der Waals surface area contributed by atoms with E-state index >= 15 is 0 Å². The summed E-state index contributed by atoms with van der Waals surface area (Å²) in [4.78, 5) is 32.7. The van der Waals surface area contributed by atoms with E-state index in [1.807, 2.05) is 17.5 Å². The Bertz CT molecular complexity index is 1140. The van der Waals surface area contributed by atoms with Crippen LogP contribution in [0.4, 0.5) is 5.13 Å². The molecule has 0 radical (unpaired) electrons. The molecular weight excluding hydrogens is 350 g/mol. The molecule has 0 saturated carbocycles. The summed E-state index contributed by atoms with van der Waals surface area (Å²) in [5, 5.41) is 9.72. The van der Waals surface area contributed by atoms with E-state index in [1.54, 1.807) is 36.7 Å². The van der Waals surface area contributed by atoms with Crippen molar-refractivity contribution >= 4 is 33.3 Å². The summed E-state index contributed by atoms with van der Waals surface area (Å²) < 4.78 is 1.50. The fourth-order valence-electron chi connectivity index (χ4n) is 2.56. The van der Waals surface area contributed by atoms with Gasteiger partial charge in [0.25, 0.3) is 0 Å². The number of para-hydroxylation sites is 1. The third-order valence-electron chi connectivity index (χ3n) is 3.76. The largest absolute Gasteiger partial charge is 0.300 e. The first kappa shape index (κ1) is 16.1. The Labute approximate surface area is 152 Å². The molecule has 0 saturated heterocycles. The second kappa shape index (κ2) is 6.85. The van der Waals surface area contributed by atoms with Crippen molar-refractivity contribution in [2.75, 3.05) is 5.32 Å². The van der Waals surface area contributed by atoms with Gasteiger partial charge in [0, 0.05) is 28.7 Å². The van der Waals surface area contributed by atoms with Gasteiger partial charge in [0.15, 0.2) is 5.13 Å². The molecule has 1 aromatic carbocycles. The van der Waals surface area contributed by atoms with Crippen molar-refractivity contribution in [1.82, 2.24) is 19.7 Å². The van der Waals surface area contributed by atoms with E-state index in [4.69, 9.17) is 0 Å². The summed E-state index contributed by atoms with van der Waals surface area (Å²) in [6.07, 6.45) is 4.64. The summed E-state index contributed by atoms with van der Waals surface area (Å²) >= 11 is 1.34. The van der Waals surface area contributed by atoms with Crippen LogP contribution in [0.2, 0.25) is 0 Å². The average molecular weight is 363 g/mol. The molecule has 1 amide bonds. The maximum Gasteiger partial charge on any atom is 0.247 e. The zero-order valence-electron chi connectivity index (χ0n) is 13.5. The molecule has 1 N–H and O–H groups in total. The fourth-order valence-corrected chi connectivity index (χ4v) is 3.30. The lowest BCUT2D eigenvalue weighted by atomic mass is 10.2. The molecule has 3 aromatic heterocycles. The number of carbonyl (C=O) groups is 1. The van der Waals surface area contributed by atoms with Crippen molar-refractivity contribution in [2.45, 2.75) is 6.54 Å². The number of nitrogens with zero attached hydrogens (tertiary/aromatic N) is 4. The maximum atomic E-state index is 12.4. The van der Waals surface area contributed by atoms with Crippen LogP contribution in [0.1, 0.15) is 0 Å². The van der Waals surface area contributed by atoms with Gasteiger partial charge in [-0.3, -0.25) is 19.3 Å². The van der Waals surface area contributed by atoms with Gasteiger partial charge in [-0.05, 0) is 24.3 Å². The highest BCUT2D eigenvalue weighted by Crippen LogP contribution is 2.24. The predicted molar refractivity (Wildman–Crippen MR) is 100.0 cm³/mol. The smallest absolute Gasteiger partial charge is 0.247 e. The molecule has 128 valence electrons. The molecule has 8 heteroatoms. The first-order valence-electron chi connectivity index (χ1n) is 7.81. The van der Waals surface area contributed by atoms with Gasteiger partial charge in [0.1, 0.15) is 6.54 Å².